The number of nitrogens with one attached hydrogen (secondary N) is 4. The Hall–Kier alpha value is -2.41. The van der Waals surface area contributed by atoms with E-state index in [1.807, 2.05) is 13.8 Å². The molecule has 3 amide bonds. The zero-order valence-corrected chi connectivity index (χ0v) is 27.8. The maximum atomic E-state index is 13.1. The molecule has 252 valence electrons. The number of likely N-dealkylation sites (N-methyl/N-ethyl adjacent to an activating group) is 1. The van der Waals surface area contributed by atoms with Gasteiger partial charge in [0.2, 0.25) is 5.91 Å². The Morgan fingerprint density at radius 3 is 2.32 bits per heavy atom. The van der Waals surface area contributed by atoms with Crippen molar-refractivity contribution in [3.8, 4) is 0 Å². The zero-order valence-electron chi connectivity index (χ0n) is 27.8. The first-order chi connectivity index (χ1) is 21.0. The molecule has 3 fully saturated rings. The van der Waals surface area contributed by atoms with E-state index in [4.69, 9.17) is 23.7 Å². The van der Waals surface area contributed by atoms with Crippen LogP contribution in [-0.2, 0) is 28.5 Å². The van der Waals surface area contributed by atoms with Crippen molar-refractivity contribution >= 4 is 18.1 Å². The fourth-order valence-corrected chi connectivity index (χ4v) is 6.26. The van der Waals surface area contributed by atoms with E-state index in [2.05, 4.69) is 48.1 Å². The highest BCUT2D eigenvalue weighted by Crippen LogP contribution is 2.59. The first-order valence-corrected chi connectivity index (χ1v) is 16.2. The van der Waals surface area contributed by atoms with E-state index in [-0.39, 0.29) is 42.2 Å². The van der Waals surface area contributed by atoms with Crippen molar-refractivity contribution in [2.45, 2.75) is 115 Å². The molecule has 2 saturated heterocycles. The summed E-state index contributed by atoms with van der Waals surface area (Å²) in [6.07, 6.45) is 6.20. The summed E-state index contributed by atoms with van der Waals surface area (Å²) in [5.41, 5.74) is 0.547. The number of methoxy groups -OCH3 is 1. The van der Waals surface area contributed by atoms with Gasteiger partial charge in [-0.3, -0.25) is 4.79 Å². The topological polar surface area (TPSA) is 152 Å². The zero-order chi connectivity index (χ0) is 32.3. The van der Waals surface area contributed by atoms with Crippen LogP contribution in [0.15, 0.2) is 11.6 Å². The van der Waals surface area contributed by atoms with E-state index in [0.717, 1.165) is 38.5 Å². The number of carbonyl (C=O) groups excluding carboxylic acids is 3. The molecule has 0 aromatic carbocycles. The molecule has 1 spiro atoms. The summed E-state index contributed by atoms with van der Waals surface area (Å²) in [6.45, 7) is 12.3. The maximum Gasteiger partial charge on any atom is 0.407 e. The third-order valence-corrected chi connectivity index (χ3v) is 9.03. The number of hydrogen-bond acceptors (Lipinski definition) is 9. The molecule has 3 unspecified atom stereocenters. The van der Waals surface area contributed by atoms with Crippen LogP contribution >= 0.6 is 0 Å². The Labute approximate surface area is 263 Å². The molecule has 0 aromatic rings. The minimum Gasteiger partial charge on any atom is -0.447 e. The van der Waals surface area contributed by atoms with Gasteiger partial charge in [-0.1, -0.05) is 38.3 Å². The van der Waals surface area contributed by atoms with Crippen molar-refractivity contribution in [3.63, 3.8) is 0 Å². The predicted molar refractivity (Wildman–Crippen MR) is 166 cm³/mol. The summed E-state index contributed by atoms with van der Waals surface area (Å²) < 4.78 is 29.6. The van der Waals surface area contributed by atoms with Gasteiger partial charge < -0.3 is 45.0 Å². The minimum absolute atomic E-state index is 0.00945. The van der Waals surface area contributed by atoms with E-state index in [0.29, 0.717) is 32.7 Å². The van der Waals surface area contributed by atoms with E-state index < -0.39 is 29.9 Å². The lowest BCUT2D eigenvalue weighted by molar-refractivity contribution is -0.120. The fourth-order valence-electron chi connectivity index (χ4n) is 6.26. The molecule has 1 aliphatic carbocycles. The molecular weight excluding hydrogens is 568 g/mol. The largest absolute Gasteiger partial charge is 0.447 e. The first kappa shape index (κ1) is 36.1. The second-order valence-corrected chi connectivity index (χ2v) is 13.1. The van der Waals surface area contributed by atoms with Gasteiger partial charge in [-0.05, 0) is 65.8 Å². The number of unbranched alkanes of at least 4 members (excludes halogenated alkanes) is 3. The molecular formula is C32H56N4O8. The fraction of sp³-hybridized carbons (Fsp3) is 0.844. The second kappa shape index (κ2) is 16.8. The Morgan fingerprint density at radius 2 is 1.73 bits per heavy atom. The van der Waals surface area contributed by atoms with Gasteiger partial charge in [0.25, 0.3) is 0 Å². The summed E-state index contributed by atoms with van der Waals surface area (Å²) in [4.78, 5) is 36.7. The van der Waals surface area contributed by atoms with Crippen molar-refractivity contribution in [3.05, 3.63) is 11.6 Å². The quantitative estimate of drug-likeness (QED) is 0.102. The normalized spacial score (nSPS) is 29.5. The van der Waals surface area contributed by atoms with Gasteiger partial charge in [0.1, 0.15) is 30.0 Å². The molecule has 2 heterocycles. The van der Waals surface area contributed by atoms with Gasteiger partial charge in [0, 0.05) is 20.2 Å². The number of carbonyl (C=O) groups is 3. The van der Waals surface area contributed by atoms with Gasteiger partial charge in [0.15, 0.2) is 0 Å². The highest BCUT2D eigenvalue weighted by Gasteiger charge is 2.72. The van der Waals surface area contributed by atoms with Crippen molar-refractivity contribution in [2.24, 2.45) is 11.8 Å². The first-order valence-electron chi connectivity index (χ1n) is 16.2. The molecule has 3 rings (SSSR count). The van der Waals surface area contributed by atoms with E-state index in [9.17, 15) is 14.4 Å². The molecule has 3 aliphatic rings. The number of ether oxygens (including phenoxy) is 5. The van der Waals surface area contributed by atoms with Crippen molar-refractivity contribution in [1.29, 1.82) is 0 Å². The minimum atomic E-state index is -0.559. The number of rotatable bonds is 18. The average molecular weight is 625 g/mol. The summed E-state index contributed by atoms with van der Waals surface area (Å²) in [6, 6.07) is -0.414. The van der Waals surface area contributed by atoms with Gasteiger partial charge >= 0.3 is 12.2 Å². The van der Waals surface area contributed by atoms with Crippen molar-refractivity contribution < 1.29 is 38.1 Å². The van der Waals surface area contributed by atoms with Crippen LogP contribution in [0.1, 0.15) is 79.6 Å². The van der Waals surface area contributed by atoms with E-state index >= 15 is 0 Å². The van der Waals surface area contributed by atoms with Crippen LogP contribution in [0.2, 0.25) is 0 Å². The molecule has 7 atom stereocenters. The van der Waals surface area contributed by atoms with Crippen LogP contribution in [0, 0.1) is 11.8 Å². The molecule has 2 aliphatic heterocycles. The monoisotopic (exact) mass is 624 g/mol. The highest BCUT2D eigenvalue weighted by molar-refractivity contribution is 5.77. The van der Waals surface area contributed by atoms with Crippen LogP contribution in [0.25, 0.3) is 0 Å². The Kier molecular flexibility index (Phi) is 13.7. The summed E-state index contributed by atoms with van der Waals surface area (Å²) in [7, 11) is 3.39. The molecule has 4 N–H and O–H groups in total. The van der Waals surface area contributed by atoms with E-state index in [1.54, 1.807) is 14.2 Å². The Balaban J connectivity index is 1.40. The number of amides is 3. The molecule has 0 bridgehead atoms. The molecule has 12 nitrogen and oxygen atoms in total. The second-order valence-electron chi connectivity index (χ2n) is 13.1. The lowest BCUT2D eigenvalue weighted by atomic mass is 9.68. The molecule has 12 heteroatoms. The summed E-state index contributed by atoms with van der Waals surface area (Å²) in [5.74, 6) is -0.0527. The third-order valence-electron chi connectivity index (χ3n) is 9.03. The van der Waals surface area contributed by atoms with E-state index in [1.165, 1.54) is 5.57 Å². The Morgan fingerprint density at radius 1 is 1.05 bits per heavy atom. The number of epoxide rings is 2. The molecule has 0 aromatic heterocycles. The lowest BCUT2D eigenvalue weighted by Gasteiger charge is -2.42. The van der Waals surface area contributed by atoms with Gasteiger partial charge in [-0.2, -0.15) is 0 Å². The summed E-state index contributed by atoms with van der Waals surface area (Å²) >= 11 is 0. The molecule has 1 saturated carbocycles. The smallest absolute Gasteiger partial charge is 0.407 e. The predicted octanol–water partition coefficient (Wildman–Crippen LogP) is 3.44. The molecule has 0 radical (unpaired) electrons. The van der Waals surface area contributed by atoms with Gasteiger partial charge in [-0.25, -0.2) is 9.59 Å². The van der Waals surface area contributed by atoms with Crippen LogP contribution in [0.3, 0.4) is 0 Å². The van der Waals surface area contributed by atoms with Crippen molar-refractivity contribution in [2.75, 3.05) is 47.0 Å². The lowest BCUT2D eigenvalue weighted by Crippen LogP contribution is -2.56. The van der Waals surface area contributed by atoms with Gasteiger partial charge in [0.05, 0.1) is 31.2 Å². The number of allylic oxidation sites excluding steroid dienone is 1. The third kappa shape index (κ3) is 10.3. The number of alkyl carbamates (subject to hydrolysis) is 2. The molecule has 44 heavy (non-hydrogen) atoms. The van der Waals surface area contributed by atoms with Gasteiger partial charge in [-0.15, -0.1) is 0 Å². The average Bonchev–Trinajstić information content (AvgIpc) is 3.88. The van der Waals surface area contributed by atoms with Crippen molar-refractivity contribution in [1.82, 2.24) is 21.3 Å². The highest BCUT2D eigenvalue weighted by atomic mass is 16.6. The Bertz CT molecular complexity index is 983. The van der Waals surface area contributed by atoms with Crippen LogP contribution in [-0.4, -0.2) is 101 Å². The number of hydrogen-bond donors (Lipinski definition) is 4. The standard InChI is InChI=1S/C32H56N4O8/c1-21(2)12-13-25-31(5,44-25)28-27(40-7)24(14-15-32(28)20-42-32)43-30(39)36-23(22(3)4)19-41-29(38)35-17-11-9-8-10-16-34-26(37)18-33-6/h12,22-25,27-28,33H,8-11,13-20H2,1-7H3,(H,34,37)(H,35,38)(H,36,39)/t23-,24?,25+,27?,28?,31-,32-/m0/s1. The van der Waals surface area contributed by atoms with Crippen LogP contribution in [0.5, 0.6) is 0 Å². The SMILES string of the molecule is CNCC(=O)NCCCCCCNC(=O)OC[C@H](NC(=O)OC1CC[C@]2(CO2)C([C@@]2(C)O[C@@H]2CC=C(C)C)C1OC)C(C)C. The van der Waals surface area contributed by atoms with Crippen LogP contribution < -0.4 is 21.3 Å². The summed E-state index contributed by atoms with van der Waals surface area (Å²) in [5, 5.41) is 11.3. The van der Waals surface area contributed by atoms with Crippen LogP contribution in [0.4, 0.5) is 9.59 Å². The maximum absolute atomic E-state index is 13.1.